The Morgan fingerprint density at radius 3 is 2.56 bits per heavy atom. The van der Waals surface area contributed by atoms with Crippen LogP contribution in [0.4, 0.5) is 4.79 Å². The number of piperazine rings is 1. The van der Waals surface area contributed by atoms with Crippen molar-refractivity contribution in [3.8, 4) is 0 Å². The van der Waals surface area contributed by atoms with Gasteiger partial charge in [-0.2, -0.15) is 0 Å². The lowest BCUT2D eigenvalue weighted by Gasteiger charge is -2.43. The molecule has 0 aromatic heterocycles. The molecule has 5 nitrogen and oxygen atoms in total. The molecule has 1 N–H and O–H groups in total. The van der Waals surface area contributed by atoms with Gasteiger partial charge in [0, 0.05) is 30.7 Å². The first-order valence-corrected chi connectivity index (χ1v) is 9.25. The van der Waals surface area contributed by atoms with Gasteiger partial charge in [0.1, 0.15) is 5.60 Å². The van der Waals surface area contributed by atoms with Gasteiger partial charge in [0.25, 0.3) is 0 Å². The van der Waals surface area contributed by atoms with E-state index in [1.165, 1.54) is 0 Å². The number of carbonyl (C=O) groups excluding carboxylic acids is 1. The number of hydrogen-bond acceptors (Lipinski definition) is 4. The molecule has 2 fully saturated rings. The van der Waals surface area contributed by atoms with Crippen molar-refractivity contribution in [1.29, 1.82) is 0 Å². The molecule has 25 heavy (non-hydrogen) atoms. The summed E-state index contributed by atoms with van der Waals surface area (Å²) in [5.74, 6) is 0. The Hall–Kier alpha value is -1.30. The van der Waals surface area contributed by atoms with Crippen LogP contribution in [0.15, 0.2) is 24.3 Å². The number of benzene rings is 1. The second kappa shape index (κ2) is 7.14. The zero-order valence-corrected chi connectivity index (χ0v) is 15.9. The smallest absolute Gasteiger partial charge is 0.410 e. The molecule has 2 aliphatic heterocycles. The number of rotatable bonds is 2. The highest BCUT2D eigenvalue weighted by molar-refractivity contribution is 6.30. The number of aliphatic hydroxyl groups is 1. The Kier molecular flexibility index (Phi) is 5.28. The van der Waals surface area contributed by atoms with Crippen LogP contribution in [-0.2, 0) is 11.2 Å². The van der Waals surface area contributed by atoms with Crippen molar-refractivity contribution in [2.24, 2.45) is 0 Å². The van der Waals surface area contributed by atoms with Crippen LogP contribution < -0.4 is 0 Å². The fourth-order valence-corrected chi connectivity index (χ4v) is 3.85. The molecular weight excluding hydrogens is 340 g/mol. The SMILES string of the molecule is CC(C)(C)OC(=O)N1C[C@@H]2C[C@@H](O)CN2C[C@@H]1Cc1ccc(Cl)cc1. The first kappa shape index (κ1) is 18.5. The summed E-state index contributed by atoms with van der Waals surface area (Å²) >= 11 is 5.97. The summed E-state index contributed by atoms with van der Waals surface area (Å²) in [6, 6.07) is 7.99. The van der Waals surface area contributed by atoms with Crippen molar-refractivity contribution in [3.05, 3.63) is 34.9 Å². The molecule has 1 amide bonds. The van der Waals surface area contributed by atoms with E-state index in [4.69, 9.17) is 16.3 Å². The van der Waals surface area contributed by atoms with Crippen molar-refractivity contribution in [2.75, 3.05) is 19.6 Å². The van der Waals surface area contributed by atoms with Gasteiger partial charge < -0.3 is 14.7 Å². The number of aliphatic hydroxyl groups excluding tert-OH is 1. The first-order valence-electron chi connectivity index (χ1n) is 8.87. The van der Waals surface area contributed by atoms with Crippen LogP contribution in [0.5, 0.6) is 0 Å². The molecule has 1 aromatic carbocycles. The van der Waals surface area contributed by atoms with E-state index in [1.807, 2.05) is 49.9 Å². The molecule has 2 aliphatic rings. The highest BCUT2D eigenvalue weighted by atomic mass is 35.5. The Labute approximate surface area is 154 Å². The molecule has 0 spiro atoms. The van der Waals surface area contributed by atoms with Gasteiger partial charge in [0.05, 0.1) is 12.1 Å². The number of amides is 1. The van der Waals surface area contributed by atoms with Gasteiger partial charge in [0.2, 0.25) is 0 Å². The minimum absolute atomic E-state index is 0.0255. The molecule has 3 rings (SSSR count). The minimum atomic E-state index is -0.520. The fourth-order valence-electron chi connectivity index (χ4n) is 3.73. The van der Waals surface area contributed by atoms with Gasteiger partial charge in [-0.05, 0) is 51.3 Å². The highest BCUT2D eigenvalue weighted by Crippen LogP contribution is 2.28. The molecule has 0 bridgehead atoms. The summed E-state index contributed by atoms with van der Waals surface area (Å²) in [5, 5.41) is 10.7. The molecule has 2 heterocycles. The second-order valence-corrected chi connectivity index (χ2v) is 8.55. The van der Waals surface area contributed by atoms with Crippen LogP contribution in [0.1, 0.15) is 32.8 Å². The molecule has 3 atom stereocenters. The van der Waals surface area contributed by atoms with Crippen LogP contribution >= 0.6 is 11.6 Å². The van der Waals surface area contributed by atoms with E-state index in [-0.39, 0.29) is 24.3 Å². The normalized spacial score (nSPS) is 27.2. The van der Waals surface area contributed by atoms with Crippen LogP contribution in [0, 0.1) is 0 Å². The predicted octanol–water partition coefficient (Wildman–Crippen LogP) is 2.94. The lowest BCUT2D eigenvalue weighted by atomic mass is 10.00. The maximum atomic E-state index is 12.7. The second-order valence-electron chi connectivity index (χ2n) is 8.11. The Balaban J connectivity index is 1.77. The van der Waals surface area contributed by atoms with Gasteiger partial charge in [-0.1, -0.05) is 23.7 Å². The van der Waals surface area contributed by atoms with E-state index < -0.39 is 5.60 Å². The summed E-state index contributed by atoms with van der Waals surface area (Å²) in [7, 11) is 0. The van der Waals surface area contributed by atoms with Gasteiger partial charge in [0.15, 0.2) is 0 Å². The van der Waals surface area contributed by atoms with E-state index >= 15 is 0 Å². The molecule has 2 saturated heterocycles. The van der Waals surface area contributed by atoms with Crippen molar-refractivity contribution in [1.82, 2.24) is 9.80 Å². The third-order valence-electron chi connectivity index (χ3n) is 4.81. The van der Waals surface area contributed by atoms with E-state index in [0.717, 1.165) is 18.5 Å². The number of carbonyl (C=O) groups is 1. The highest BCUT2D eigenvalue weighted by Gasteiger charge is 2.42. The summed E-state index contributed by atoms with van der Waals surface area (Å²) in [5.41, 5.74) is 0.620. The summed E-state index contributed by atoms with van der Waals surface area (Å²) in [6.07, 6.45) is 0.884. The van der Waals surface area contributed by atoms with Crippen LogP contribution in [-0.4, -0.2) is 64.4 Å². The van der Waals surface area contributed by atoms with Crippen molar-refractivity contribution in [3.63, 3.8) is 0 Å². The lowest BCUT2D eigenvalue weighted by Crippen LogP contribution is -2.59. The van der Waals surface area contributed by atoms with Crippen LogP contribution in [0.25, 0.3) is 0 Å². The molecule has 0 unspecified atom stereocenters. The van der Waals surface area contributed by atoms with Gasteiger partial charge in [-0.25, -0.2) is 4.79 Å². The fraction of sp³-hybridized carbons (Fsp3) is 0.632. The largest absolute Gasteiger partial charge is 0.444 e. The standard InChI is InChI=1S/C19H27ClN2O3/c1-19(2,3)25-18(24)22-11-15-9-17(23)12-21(15)10-16(22)8-13-4-6-14(20)7-5-13/h4-7,15-17,23H,8-12H2,1-3H3/t15-,16-,17+/m0/s1. The Bertz CT molecular complexity index is 614. The Morgan fingerprint density at radius 2 is 1.92 bits per heavy atom. The van der Waals surface area contributed by atoms with Gasteiger partial charge in [-0.3, -0.25) is 4.90 Å². The summed E-state index contributed by atoms with van der Waals surface area (Å²) < 4.78 is 5.62. The predicted molar refractivity (Wildman–Crippen MR) is 97.9 cm³/mol. The summed E-state index contributed by atoms with van der Waals surface area (Å²) in [6.45, 7) is 7.69. The maximum absolute atomic E-state index is 12.7. The lowest BCUT2D eigenvalue weighted by molar-refractivity contribution is -0.00864. The van der Waals surface area contributed by atoms with Crippen molar-refractivity contribution >= 4 is 17.7 Å². The molecule has 1 aromatic rings. The molecule has 138 valence electrons. The van der Waals surface area contributed by atoms with Gasteiger partial charge >= 0.3 is 6.09 Å². The van der Waals surface area contributed by atoms with E-state index in [0.29, 0.717) is 24.5 Å². The quantitative estimate of drug-likeness (QED) is 0.874. The van der Waals surface area contributed by atoms with Crippen LogP contribution in [0.3, 0.4) is 0 Å². The third kappa shape index (κ3) is 4.66. The van der Waals surface area contributed by atoms with E-state index in [9.17, 15) is 9.90 Å². The molecule has 0 saturated carbocycles. The number of fused-ring (bicyclic) bond motifs is 1. The molecule has 6 heteroatoms. The van der Waals surface area contributed by atoms with E-state index in [2.05, 4.69) is 4.90 Å². The Morgan fingerprint density at radius 1 is 1.24 bits per heavy atom. The number of ether oxygens (including phenoxy) is 1. The van der Waals surface area contributed by atoms with Gasteiger partial charge in [-0.15, -0.1) is 0 Å². The summed E-state index contributed by atoms with van der Waals surface area (Å²) in [4.78, 5) is 16.9. The molecule has 0 aliphatic carbocycles. The molecule has 0 radical (unpaired) electrons. The topological polar surface area (TPSA) is 53.0 Å². The third-order valence-corrected chi connectivity index (χ3v) is 5.06. The van der Waals surface area contributed by atoms with Crippen molar-refractivity contribution in [2.45, 2.75) is 57.4 Å². The zero-order chi connectivity index (χ0) is 18.2. The van der Waals surface area contributed by atoms with E-state index in [1.54, 1.807) is 0 Å². The monoisotopic (exact) mass is 366 g/mol. The van der Waals surface area contributed by atoms with Crippen molar-refractivity contribution < 1.29 is 14.6 Å². The maximum Gasteiger partial charge on any atom is 0.410 e. The average molecular weight is 367 g/mol. The van der Waals surface area contributed by atoms with Crippen LogP contribution in [0.2, 0.25) is 5.02 Å². The first-order chi connectivity index (χ1) is 11.7. The average Bonchev–Trinajstić information content (AvgIpc) is 2.86. The molecular formula is C19H27ClN2O3. The number of hydrogen-bond donors (Lipinski definition) is 1. The minimum Gasteiger partial charge on any atom is -0.444 e. The zero-order valence-electron chi connectivity index (χ0n) is 15.1. The number of nitrogens with zero attached hydrogens (tertiary/aromatic N) is 2. The number of halogens is 1.